The van der Waals surface area contributed by atoms with Gasteiger partial charge in [0.15, 0.2) is 0 Å². The first kappa shape index (κ1) is 21.0. The van der Waals surface area contributed by atoms with E-state index in [0.717, 1.165) is 38.2 Å². The van der Waals surface area contributed by atoms with Crippen molar-refractivity contribution >= 4 is 30.5 Å². The van der Waals surface area contributed by atoms with Gasteiger partial charge in [0.1, 0.15) is 17.3 Å². The monoisotopic (exact) mass is 351 g/mol. The second-order valence-corrected chi connectivity index (χ2v) is 5.36. The molecule has 0 aliphatic carbocycles. The lowest BCUT2D eigenvalue weighted by Gasteiger charge is -2.35. The number of phenols is 1. The summed E-state index contributed by atoms with van der Waals surface area (Å²) in [7, 11) is 0. The molecule has 4 N–H and O–H groups in total. The summed E-state index contributed by atoms with van der Waals surface area (Å²) in [4.78, 5) is 2.28. The molecule has 1 saturated heterocycles. The van der Waals surface area contributed by atoms with Gasteiger partial charge in [0, 0.05) is 37.8 Å². The van der Waals surface area contributed by atoms with Crippen LogP contribution in [-0.2, 0) is 0 Å². The highest BCUT2D eigenvalue weighted by Crippen LogP contribution is 2.37. The number of hydrogen-bond donors (Lipinski definition) is 3. The molecule has 1 fully saturated rings. The number of nitrogen functional groups attached to an aromatic ring is 1. The Labute approximate surface area is 143 Å². The topological polar surface area (TPSA) is 61.5 Å². The number of rotatable bonds is 4. The number of aromatic hydroxyl groups is 1. The molecule has 0 radical (unpaired) electrons. The van der Waals surface area contributed by atoms with E-state index in [1.165, 1.54) is 6.07 Å². The molecule has 7 heteroatoms. The number of phenolic OH excluding ortho intramolecular Hbond substituents is 1. The van der Waals surface area contributed by atoms with Crippen molar-refractivity contribution in [3.8, 4) is 5.75 Å². The first-order valence-electron chi connectivity index (χ1n) is 6.86. The number of piperazine rings is 1. The zero-order chi connectivity index (χ0) is 14.7. The smallest absolute Gasteiger partial charge is 0.149 e. The van der Waals surface area contributed by atoms with Gasteiger partial charge in [-0.05, 0) is 19.4 Å². The van der Waals surface area contributed by atoms with E-state index in [2.05, 4.69) is 16.8 Å². The summed E-state index contributed by atoms with van der Waals surface area (Å²) >= 11 is 0. The van der Waals surface area contributed by atoms with E-state index in [0.29, 0.717) is 5.56 Å². The van der Waals surface area contributed by atoms with Crippen LogP contribution in [0.3, 0.4) is 0 Å². The van der Waals surface area contributed by atoms with Crippen molar-refractivity contribution in [2.45, 2.75) is 19.4 Å². The van der Waals surface area contributed by atoms with Crippen LogP contribution in [0.4, 0.5) is 10.1 Å². The van der Waals surface area contributed by atoms with Gasteiger partial charge in [0.25, 0.3) is 0 Å². The molecule has 0 aromatic heterocycles. The predicted molar refractivity (Wildman–Crippen MR) is 93.6 cm³/mol. The van der Waals surface area contributed by atoms with Crippen LogP contribution in [0.1, 0.15) is 24.9 Å². The molecular weight excluding hydrogens is 328 g/mol. The third-order valence-electron chi connectivity index (χ3n) is 3.69. The Hall–Kier alpha value is -1.01. The molecular formula is C15H24Cl2FN3O. The van der Waals surface area contributed by atoms with E-state index in [1.807, 2.05) is 6.92 Å². The Morgan fingerprint density at radius 1 is 1.41 bits per heavy atom. The summed E-state index contributed by atoms with van der Waals surface area (Å²) in [6.45, 7) is 9.49. The molecule has 0 saturated carbocycles. The molecule has 22 heavy (non-hydrogen) atoms. The van der Waals surface area contributed by atoms with E-state index >= 15 is 0 Å². The van der Waals surface area contributed by atoms with Crippen molar-refractivity contribution in [1.29, 1.82) is 0 Å². The molecule has 4 nitrogen and oxygen atoms in total. The molecule has 1 atom stereocenters. The fourth-order valence-corrected chi connectivity index (χ4v) is 2.63. The minimum atomic E-state index is -0.583. The van der Waals surface area contributed by atoms with Gasteiger partial charge in [-0.25, -0.2) is 4.39 Å². The van der Waals surface area contributed by atoms with Crippen LogP contribution in [0.2, 0.25) is 0 Å². The van der Waals surface area contributed by atoms with Crippen LogP contribution < -0.4 is 11.1 Å². The SMILES string of the molecule is C=C(C)C[C@H](c1ccc(F)c(N)c1O)N1CCNCC1.Cl.Cl. The lowest BCUT2D eigenvalue weighted by Crippen LogP contribution is -2.45. The number of anilines is 1. The summed E-state index contributed by atoms with van der Waals surface area (Å²) in [5.74, 6) is -0.726. The third kappa shape index (κ3) is 4.74. The first-order valence-corrected chi connectivity index (χ1v) is 6.86. The molecule has 0 amide bonds. The van der Waals surface area contributed by atoms with Crippen molar-refractivity contribution < 1.29 is 9.50 Å². The van der Waals surface area contributed by atoms with Crippen molar-refractivity contribution in [2.75, 3.05) is 31.9 Å². The van der Waals surface area contributed by atoms with Gasteiger partial charge in [-0.2, -0.15) is 0 Å². The van der Waals surface area contributed by atoms with Gasteiger partial charge in [0.2, 0.25) is 0 Å². The minimum absolute atomic E-state index is 0. The molecule has 1 aromatic carbocycles. The molecule has 1 heterocycles. The summed E-state index contributed by atoms with van der Waals surface area (Å²) in [6, 6.07) is 2.92. The van der Waals surface area contributed by atoms with Crippen molar-refractivity contribution in [2.24, 2.45) is 0 Å². The normalized spacial score (nSPS) is 16.3. The molecule has 1 aromatic rings. The maximum Gasteiger partial charge on any atom is 0.149 e. The van der Waals surface area contributed by atoms with Crippen LogP contribution in [-0.4, -0.2) is 36.2 Å². The number of hydrogen-bond acceptors (Lipinski definition) is 4. The zero-order valence-electron chi connectivity index (χ0n) is 12.6. The molecule has 2 rings (SSSR count). The Morgan fingerprint density at radius 2 is 2.00 bits per heavy atom. The maximum absolute atomic E-state index is 13.4. The Morgan fingerprint density at radius 3 is 2.55 bits per heavy atom. The number of nitrogens with two attached hydrogens (primary N) is 1. The first-order chi connectivity index (χ1) is 9.50. The third-order valence-corrected chi connectivity index (χ3v) is 3.69. The quantitative estimate of drug-likeness (QED) is 0.443. The fraction of sp³-hybridized carbons (Fsp3) is 0.467. The van der Waals surface area contributed by atoms with Gasteiger partial charge in [-0.1, -0.05) is 11.6 Å². The second kappa shape index (κ2) is 9.20. The Kier molecular flexibility index (Phi) is 8.78. The highest BCUT2D eigenvalue weighted by molar-refractivity contribution is 5.85. The van der Waals surface area contributed by atoms with Crippen molar-refractivity contribution in [3.05, 3.63) is 35.7 Å². The van der Waals surface area contributed by atoms with Gasteiger partial charge in [-0.3, -0.25) is 4.90 Å². The average molecular weight is 352 g/mol. The van der Waals surface area contributed by atoms with Gasteiger partial charge in [0.05, 0.1) is 0 Å². The fourth-order valence-electron chi connectivity index (χ4n) is 2.63. The predicted octanol–water partition coefficient (Wildman–Crippen LogP) is 2.87. The lowest BCUT2D eigenvalue weighted by atomic mass is 9.96. The molecule has 126 valence electrons. The van der Waals surface area contributed by atoms with E-state index in [1.54, 1.807) is 6.07 Å². The highest BCUT2D eigenvalue weighted by Gasteiger charge is 2.26. The largest absolute Gasteiger partial charge is 0.505 e. The van der Waals surface area contributed by atoms with Crippen LogP contribution in [0, 0.1) is 5.82 Å². The van der Waals surface area contributed by atoms with Crippen LogP contribution in [0.15, 0.2) is 24.3 Å². The van der Waals surface area contributed by atoms with E-state index in [-0.39, 0.29) is 42.3 Å². The standard InChI is InChI=1S/C15H22FN3O.2ClH/c1-10(2)9-13(19-7-5-18-6-8-19)11-3-4-12(16)14(17)15(11)20;;/h3-4,13,18,20H,1,5-9,17H2,2H3;2*1H/t13-;;/m1../s1. The number of nitrogens with one attached hydrogen (secondary N) is 1. The van der Waals surface area contributed by atoms with E-state index in [9.17, 15) is 9.50 Å². The maximum atomic E-state index is 13.4. The average Bonchev–Trinajstić information content (AvgIpc) is 2.44. The molecule has 0 unspecified atom stereocenters. The minimum Gasteiger partial charge on any atom is -0.505 e. The zero-order valence-corrected chi connectivity index (χ0v) is 14.3. The summed E-state index contributed by atoms with van der Waals surface area (Å²) in [6.07, 6.45) is 0.721. The Bertz CT molecular complexity index is 508. The molecule has 1 aliphatic heterocycles. The summed E-state index contributed by atoms with van der Waals surface area (Å²) in [5, 5.41) is 13.5. The number of nitrogens with zero attached hydrogens (tertiary/aromatic N) is 1. The van der Waals surface area contributed by atoms with Crippen LogP contribution in [0.25, 0.3) is 0 Å². The second-order valence-electron chi connectivity index (χ2n) is 5.36. The highest BCUT2D eigenvalue weighted by atomic mass is 35.5. The number of benzene rings is 1. The van der Waals surface area contributed by atoms with Gasteiger partial charge >= 0.3 is 0 Å². The van der Waals surface area contributed by atoms with Gasteiger partial charge < -0.3 is 16.2 Å². The summed E-state index contributed by atoms with van der Waals surface area (Å²) < 4.78 is 13.4. The van der Waals surface area contributed by atoms with Crippen molar-refractivity contribution in [3.63, 3.8) is 0 Å². The summed E-state index contributed by atoms with van der Waals surface area (Å²) in [5.41, 5.74) is 7.12. The van der Waals surface area contributed by atoms with Crippen LogP contribution >= 0.6 is 24.8 Å². The van der Waals surface area contributed by atoms with E-state index < -0.39 is 5.82 Å². The van der Waals surface area contributed by atoms with Crippen LogP contribution in [0.5, 0.6) is 5.75 Å². The van der Waals surface area contributed by atoms with Gasteiger partial charge in [-0.15, -0.1) is 31.4 Å². The van der Waals surface area contributed by atoms with Crippen molar-refractivity contribution in [1.82, 2.24) is 10.2 Å². The Balaban J connectivity index is 0.00000220. The molecule has 0 bridgehead atoms. The van der Waals surface area contributed by atoms with E-state index in [4.69, 9.17) is 5.73 Å². The molecule has 0 spiro atoms. The molecule has 1 aliphatic rings. The lowest BCUT2D eigenvalue weighted by molar-refractivity contribution is 0.170. The number of halogens is 3.